The fourth-order valence-corrected chi connectivity index (χ4v) is 1.53. The van der Waals surface area contributed by atoms with Gasteiger partial charge in [-0.25, -0.2) is 9.97 Å². The first-order valence-corrected chi connectivity index (χ1v) is 6.03. The van der Waals surface area contributed by atoms with Crippen LogP contribution in [0.2, 0.25) is 0 Å². The zero-order chi connectivity index (χ0) is 12.8. The van der Waals surface area contributed by atoms with Gasteiger partial charge in [0.2, 0.25) is 0 Å². The van der Waals surface area contributed by atoms with Gasteiger partial charge in [-0.15, -0.1) is 0 Å². The molecular formula is C12H22N4O. The van der Waals surface area contributed by atoms with Crippen molar-refractivity contribution in [2.75, 3.05) is 23.8 Å². The van der Waals surface area contributed by atoms with Crippen LogP contribution >= 0.6 is 0 Å². The van der Waals surface area contributed by atoms with Gasteiger partial charge in [-0.3, -0.25) is 0 Å². The average Bonchev–Trinajstić information content (AvgIpc) is 2.25. The van der Waals surface area contributed by atoms with E-state index in [2.05, 4.69) is 34.4 Å². The van der Waals surface area contributed by atoms with E-state index in [1.807, 2.05) is 19.9 Å². The van der Waals surface area contributed by atoms with Gasteiger partial charge in [0.15, 0.2) is 0 Å². The van der Waals surface area contributed by atoms with Crippen LogP contribution < -0.4 is 10.6 Å². The molecule has 96 valence electrons. The molecule has 17 heavy (non-hydrogen) atoms. The number of aliphatic hydroxyl groups is 1. The van der Waals surface area contributed by atoms with Crippen LogP contribution in [0, 0.1) is 12.8 Å². The molecule has 0 saturated carbocycles. The summed E-state index contributed by atoms with van der Waals surface area (Å²) < 4.78 is 0. The molecule has 0 bridgehead atoms. The normalized spacial score (nSPS) is 12.6. The Kier molecular flexibility index (Phi) is 5.15. The van der Waals surface area contributed by atoms with E-state index in [1.165, 1.54) is 0 Å². The molecule has 5 nitrogen and oxygen atoms in total. The lowest BCUT2D eigenvalue weighted by Crippen LogP contribution is -2.30. The van der Waals surface area contributed by atoms with Gasteiger partial charge < -0.3 is 15.7 Å². The summed E-state index contributed by atoms with van der Waals surface area (Å²) >= 11 is 0. The summed E-state index contributed by atoms with van der Waals surface area (Å²) in [4.78, 5) is 8.59. The molecule has 1 rings (SSSR count). The van der Waals surface area contributed by atoms with Gasteiger partial charge in [0.1, 0.15) is 17.5 Å². The third-order valence-electron chi connectivity index (χ3n) is 2.53. The molecule has 0 fully saturated rings. The van der Waals surface area contributed by atoms with Crippen molar-refractivity contribution in [2.24, 2.45) is 5.92 Å². The SMILES string of the molecule is CCNc1cc(N[C@H](CO)C(C)C)nc(C)n1. The van der Waals surface area contributed by atoms with Gasteiger partial charge in [0, 0.05) is 12.6 Å². The summed E-state index contributed by atoms with van der Waals surface area (Å²) in [5.74, 6) is 2.62. The van der Waals surface area contributed by atoms with Crippen molar-refractivity contribution in [3.63, 3.8) is 0 Å². The minimum Gasteiger partial charge on any atom is -0.394 e. The van der Waals surface area contributed by atoms with E-state index in [4.69, 9.17) is 0 Å². The van der Waals surface area contributed by atoms with Gasteiger partial charge in [0.25, 0.3) is 0 Å². The first-order valence-electron chi connectivity index (χ1n) is 6.03. The van der Waals surface area contributed by atoms with Crippen LogP contribution in [0.1, 0.15) is 26.6 Å². The van der Waals surface area contributed by atoms with Crippen molar-refractivity contribution in [3.05, 3.63) is 11.9 Å². The highest BCUT2D eigenvalue weighted by Crippen LogP contribution is 2.14. The molecule has 5 heteroatoms. The predicted octanol–water partition coefficient (Wildman–Crippen LogP) is 1.65. The molecular weight excluding hydrogens is 216 g/mol. The van der Waals surface area contributed by atoms with Crippen molar-refractivity contribution >= 4 is 11.6 Å². The Morgan fingerprint density at radius 1 is 1.29 bits per heavy atom. The lowest BCUT2D eigenvalue weighted by atomic mass is 10.1. The van der Waals surface area contributed by atoms with Gasteiger partial charge in [0.05, 0.1) is 12.6 Å². The molecule has 0 radical (unpaired) electrons. The fraction of sp³-hybridized carbons (Fsp3) is 0.667. The Morgan fingerprint density at radius 2 is 1.94 bits per heavy atom. The van der Waals surface area contributed by atoms with Gasteiger partial charge in [-0.05, 0) is 19.8 Å². The second-order valence-corrected chi connectivity index (χ2v) is 4.39. The predicted molar refractivity (Wildman–Crippen MR) is 70.3 cm³/mol. The summed E-state index contributed by atoms with van der Waals surface area (Å²) in [5.41, 5.74) is 0. The Morgan fingerprint density at radius 3 is 2.47 bits per heavy atom. The molecule has 1 aromatic rings. The number of nitrogens with one attached hydrogen (secondary N) is 2. The summed E-state index contributed by atoms with van der Waals surface area (Å²) in [5, 5.41) is 15.7. The molecule has 0 aliphatic rings. The third kappa shape index (κ3) is 4.19. The van der Waals surface area contributed by atoms with Crippen LogP contribution in [-0.4, -0.2) is 34.3 Å². The average molecular weight is 238 g/mol. The standard InChI is InChI=1S/C12H22N4O/c1-5-13-11-6-12(15-9(4)14-11)16-10(7-17)8(2)3/h6,8,10,17H,5,7H2,1-4H3,(H2,13,14,15,16)/t10-/m1/s1. The highest BCUT2D eigenvalue weighted by molar-refractivity contribution is 5.48. The number of hydrogen-bond acceptors (Lipinski definition) is 5. The largest absolute Gasteiger partial charge is 0.394 e. The zero-order valence-corrected chi connectivity index (χ0v) is 11.0. The van der Waals surface area contributed by atoms with E-state index in [0.29, 0.717) is 11.7 Å². The van der Waals surface area contributed by atoms with Crippen molar-refractivity contribution in [2.45, 2.75) is 33.7 Å². The van der Waals surface area contributed by atoms with Crippen molar-refractivity contribution in [3.8, 4) is 0 Å². The second kappa shape index (κ2) is 6.39. The highest BCUT2D eigenvalue weighted by Gasteiger charge is 2.13. The Bertz CT molecular complexity index is 354. The maximum Gasteiger partial charge on any atom is 0.132 e. The van der Waals surface area contributed by atoms with Crippen molar-refractivity contribution in [1.29, 1.82) is 0 Å². The molecule has 0 saturated heterocycles. The molecule has 0 aliphatic heterocycles. The van der Waals surface area contributed by atoms with Crippen LogP contribution in [0.4, 0.5) is 11.6 Å². The Labute approximate surface area is 103 Å². The van der Waals surface area contributed by atoms with Gasteiger partial charge in [-0.2, -0.15) is 0 Å². The summed E-state index contributed by atoms with van der Waals surface area (Å²) in [6.07, 6.45) is 0. The van der Waals surface area contributed by atoms with E-state index in [1.54, 1.807) is 0 Å². The second-order valence-electron chi connectivity index (χ2n) is 4.39. The van der Waals surface area contributed by atoms with E-state index in [-0.39, 0.29) is 12.6 Å². The molecule has 1 atom stereocenters. The molecule has 0 spiro atoms. The number of nitrogens with zero attached hydrogens (tertiary/aromatic N) is 2. The number of anilines is 2. The molecule has 1 aromatic heterocycles. The highest BCUT2D eigenvalue weighted by atomic mass is 16.3. The smallest absolute Gasteiger partial charge is 0.132 e. The van der Waals surface area contributed by atoms with Gasteiger partial charge >= 0.3 is 0 Å². The van der Waals surface area contributed by atoms with Crippen molar-refractivity contribution < 1.29 is 5.11 Å². The lowest BCUT2D eigenvalue weighted by Gasteiger charge is -2.21. The van der Waals surface area contributed by atoms with Crippen LogP contribution in [0.15, 0.2) is 6.07 Å². The molecule has 0 unspecified atom stereocenters. The van der Waals surface area contributed by atoms with E-state index in [9.17, 15) is 5.11 Å². The Balaban J connectivity index is 2.82. The van der Waals surface area contributed by atoms with Crippen LogP contribution in [-0.2, 0) is 0 Å². The van der Waals surface area contributed by atoms with E-state index < -0.39 is 0 Å². The zero-order valence-electron chi connectivity index (χ0n) is 11.0. The minimum atomic E-state index is 0.0128. The maximum atomic E-state index is 9.28. The van der Waals surface area contributed by atoms with Crippen LogP contribution in [0.25, 0.3) is 0 Å². The van der Waals surface area contributed by atoms with Crippen LogP contribution in [0.5, 0.6) is 0 Å². The number of aromatic nitrogens is 2. The number of aliphatic hydroxyl groups excluding tert-OH is 1. The fourth-order valence-electron chi connectivity index (χ4n) is 1.53. The summed E-state index contributed by atoms with van der Waals surface area (Å²) in [6.45, 7) is 8.92. The van der Waals surface area contributed by atoms with Gasteiger partial charge in [-0.1, -0.05) is 13.8 Å². The molecule has 0 aromatic carbocycles. The third-order valence-corrected chi connectivity index (χ3v) is 2.53. The summed E-state index contributed by atoms with van der Waals surface area (Å²) in [7, 11) is 0. The number of aryl methyl sites for hydroxylation is 1. The molecule has 1 heterocycles. The first-order chi connectivity index (χ1) is 8.06. The van der Waals surface area contributed by atoms with Crippen LogP contribution in [0.3, 0.4) is 0 Å². The molecule has 3 N–H and O–H groups in total. The lowest BCUT2D eigenvalue weighted by molar-refractivity contribution is 0.249. The quantitative estimate of drug-likeness (QED) is 0.703. The maximum absolute atomic E-state index is 9.28. The first kappa shape index (κ1) is 13.7. The number of rotatable bonds is 6. The number of hydrogen-bond donors (Lipinski definition) is 3. The van der Waals surface area contributed by atoms with E-state index in [0.717, 1.165) is 18.2 Å². The molecule has 0 amide bonds. The van der Waals surface area contributed by atoms with E-state index >= 15 is 0 Å². The Hall–Kier alpha value is -1.36. The van der Waals surface area contributed by atoms with Crippen molar-refractivity contribution in [1.82, 2.24) is 9.97 Å². The summed E-state index contributed by atoms with van der Waals surface area (Å²) in [6, 6.07) is 1.88. The topological polar surface area (TPSA) is 70.1 Å². The minimum absolute atomic E-state index is 0.0128. The monoisotopic (exact) mass is 238 g/mol. The molecule has 0 aliphatic carbocycles.